The lowest BCUT2D eigenvalue weighted by Gasteiger charge is -2.28. The van der Waals surface area contributed by atoms with E-state index in [9.17, 15) is 19.2 Å². The predicted molar refractivity (Wildman–Crippen MR) is 122 cm³/mol. The molecule has 0 radical (unpaired) electrons. The molecule has 0 bridgehead atoms. The third-order valence-corrected chi connectivity index (χ3v) is 4.80. The Morgan fingerprint density at radius 2 is 1.76 bits per heavy atom. The molecule has 0 atom stereocenters. The quantitative estimate of drug-likeness (QED) is 0.406. The van der Waals surface area contributed by atoms with Crippen LogP contribution >= 0.6 is 11.6 Å². The van der Waals surface area contributed by atoms with Crippen molar-refractivity contribution in [1.82, 2.24) is 5.32 Å². The maximum Gasteiger partial charge on any atom is 0.341 e. The van der Waals surface area contributed by atoms with Crippen molar-refractivity contribution in [1.29, 1.82) is 0 Å². The van der Waals surface area contributed by atoms with Gasteiger partial charge in [0.1, 0.15) is 22.8 Å². The highest BCUT2D eigenvalue weighted by Crippen LogP contribution is 2.35. The highest BCUT2D eigenvalue weighted by Gasteiger charge is 2.38. The molecule has 178 valence electrons. The number of carboxylic acid groups (broad SMARTS) is 1. The zero-order valence-corrected chi connectivity index (χ0v) is 19.0. The molecular formula is C23H21ClN2O8. The highest BCUT2D eigenvalue weighted by molar-refractivity contribution is 6.39. The Balaban J connectivity index is 1.96. The molecule has 1 fully saturated rings. The number of carbonyl (C=O) groups excluding carboxylic acids is 3. The highest BCUT2D eigenvalue weighted by atomic mass is 35.5. The van der Waals surface area contributed by atoms with Crippen LogP contribution in [0.3, 0.4) is 0 Å². The normalized spacial score (nSPS) is 14.7. The van der Waals surface area contributed by atoms with E-state index in [2.05, 4.69) is 5.32 Å². The van der Waals surface area contributed by atoms with Crippen molar-refractivity contribution in [3.05, 3.63) is 52.6 Å². The van der Waals surface area contributed by atoms with Gasteiger partial charge in [-0.2, -0.15) is 0 Å². The van der Waals surface area contributed by atoms with Gasteiger partial charge in [-0.05, 0) is 49.8 Å². The number of carbonyl (C=O) groups is 4. The second-order valence-electron chi connectivity index (χ2n) is 6.83. The second-order valence-corrected chi connectivity index (χ2v) is 7.23. The van der Waals surface area contributed by atoms with Crippen LogP contribution in [-0.4, -0.2) is 48.7 Å². The van der Waals surface area contributed by atoms with Crippen LogP contribution in [0.1, 0.15) is 19.4 Å². The first kappa shape index (κ1) is 24.6. The molecule has 2 N–H and O–H groups in total. The zero-order valence-electron chi connectivity index (χ0n) is 18.3. The fourth-order valence-corrected chi connectivity index (χ4v) is 3.36. The third-order valence-electron chi connectivity index (χ3n) is 4.50. The van der Waals surface area contributed by atoms with Gasteiger partial charge in [-0.1, -0.05) is 17.7 Å². The number of rotatable bonds is 9. The Kier molecular flexibility index (Phi) is 7.75. The van der Waals surface area contributed by atoms with Crippen LogP contribution in [0.5, 0.6) is 17.2 Å². The van der Waals surface area contributed by atoms with Crippen LogP contribution in [0.4, 0.5) is 10.5 Å². The SMILES string of the molecule is CCOc1ccc(N2C(=O)NC(=O)/C(=C\c3ccc(OCC(=O)O)c(Cl)c3)C2=O)c(OCC)c1. The van der Waals surface area contributed by atoms with E-state index in [-0.39, 0.29) is 34.4 Å². The second kappa shape index (κ2) is 10.7. The van der Waals surface area contributed by atoms with Crippen molar-refractivity contribution in [3.63, 3.8) is 0 Å². The van der Waals surface area contributed by atoms with Crippen LogP contribution in [-0.2, 0) is 14.4 Å². The van der Waals surface area contributed by atoms with Gasteiger partial charge in [0.25, 0.3) is 11.8 Å². The largest absolute Gasteiger partial charge is 0.494 e. The van der Waals surface area contributed by atoms with E-state index in [1.54, 1.807) is 19.1 Å². The van der Waals surface area contributed by atoms with Crippen LogP contribution in [0.15, 0.2) is 42.0 Å². The maximum absolute atomic E-state index is 13.2. The number of imide groups is 2. The molecule has 3 rings (SSSR count). The standard InChI is InChI=1S/C23H21ClN2O8/c1-3-32-14-6-7-17(19(11-14)33-4-2)26-22(30)15(21(29)25-23(26)31)9-13-5-8-18(16(24)10-13)34-12-20(27)28/h5-11H,3-4,12H2,1-2H3,(H,27,28)(H,25,29,31)/b15-9+. The molecule has 2 aromatic rings. The van der Waals surface area contributed by atoms with Crippen LogP contribution < -0.4 is 24.4 Å². The number of barbiturate groups is 1. The van der Waals surface area contributed by atoms with E-state index in [4.69, 9.17) is 30.9 Å². The number of carboxylic acids is 1. The Morgan fingerprint density at radius 3 is 2.41 bits per heavy atom. The molecule has 2 aromatic carbocycles. The molecule has 11 heteroatoms. The minimum atomic E-state index is -1.17. The van der Waals surface area contributed by atoms with Crippen molar-refractivity contribution in [3.8, 4) is 17.2 Å². The first-order valence-electron chi connectivity index (χ1n) is 10.2. The van der Waals surface area contributed by atoms with Crippen molar-refractivity contribution in [2.45, 2.75) is 13.8 Å². The van der Waals surface area contributed by atoms with Gasteiger partial charge >= 0.3 is 12.0 Å². The number of halogens is 1. The molecule has 10 nitrogen and oxygen atoms in total. The molecule has 1 heterocycles. The lowest BCUT2D eigenvalue weighted by atomic mass is 10.1. The molecule has 0 unspecified atom stereocenters. The molecule has 0 aromatic heterocycles. The fraction of sp³-hybridized carbons (Fsp3) is 0.217. The molecule has 34 heavy (non-hydrogen) atoms. The van der Waals surface area contributed by atoms with Gasteiger partial charge in [0.2, 0.25) is 0 Å². The summed E-state index contributed by atoms with van der Waals surface area (Å²) in [7, 11) is 0. The number of benzene rings is 2. The van der Waals surface area contributed by atoms with Gasteiger partial charge in [0.15, 0.2) is 6.61 Å². The predicted octanol–water partition coefficient (Wildman–Crippen LogP) is 3.27. The summed E-state index contributed by atoms with van der Waals surface area (Å²) in [5.74, 6) is -2.06. The molecule has 1 aliphatic rings. The third kappa shape index (κ3) is 5.46. The number of aliphatic carboxylic acids is 1. The summed E-state index contributed by atoms with van der Waals surface area (Å²) in [5.41, 5.74) is 0.185. The first-order valence-corrected chi connectivity index (χ1v) is 10.6. The van der Waals surface area contributed by atoms with E-state index in [1.807, 2.05) is 6.92 Å². The molecule has 0 aliphatic carbocycles. The van der Waals surface area contributed by atoms with Gasteiger partial charge < -0.3 is 19.3 Å². The zero-order chi connectivity index (χ0) is 24.8. The summed E-state index contributed by atoms with van der Waals surface area (Å²) in [5, 5.41) is 10.9. The number of nitrogens with one attached hydrogen (secondary N) is 1. The maximum atomic E-state index is 13.2. The summed E-state index contributed by atoms with van der Waals surface area (Å²) in [6.45, 7) is 3.66. The number of urea groups is 1. The molecule has 4 amide bonds. The van der Waals surface area contributed by atoms with E-state index in [0.717, 1.165) is 4.90 Å². The molecule has 0 spiro atoms. The van der Waals surface area contributed by atoms with Gasteiger partial charge in [0.05, 0.1) is 23.9 Å². The van der Waals surface area contributed by atoms with Crippen molar-refractivity contribution in [2.75, 3.05) is 24.7 Å². The van der Waals surface area contributed by atoms with Crippen molar-refractivity contribution >= 4 is 47.2 Å². The van der Waals surface area contributed by atoms with Gasteiger partial charge in [-0.15, -0.1) is 0 Å². The topological polar surface area (TPSA) is 131 Å². The summed E-state index contributed by atoms with van der Waals surface area (Å²) in [6, 6.07) is 8.00. The lowest BCUT2D eigenvalue weighted by molar-refractivity contribution is -0.139. The van der Waals surface area contributed by atoms with E-state index < -0.39 is 30.4 Å². The monoisotopic (exact) mass is 488 g/mol. The van der Waals surface area contributed by atoms with Crippen molar-refractivity contribution in [2.24, 2.45) is 0 Å². The number of anilines is 1. The van der Waals surface area contributed by atoms with Gasteiger partial charge in [-0.3, -0.25) is 14.9 Å². The number of hydrogen-bond acceptors (Lipinski definition) is 7. The summed E-state index contributed by atoms with van der Waals surface area (Å²) in [4.78, 5) is 49.7. The fourth-order valence-electron chi connectivity index (χ4n) is 3.11. The smallest absolute Gasteiger partial charge is 0.341 e. The number of hydrogen-bond donors (Lipinski definition) is 2. The Morgan fingerprint density at radius 1 is 1.03 bits per heavy atom. The minimum Gasteiger partial charge on any atom is -0.494 e. The molecule has 1 saturated heterocycles. The van der Waals surface area contributed by atoms with Crippen LogP contribution in [0.2, 0.25) is 5.02 Å². The van der Waals surface area contributed by atoms with E-state index in [0.29, 0.717) is 17.9 Å². The summed E-state index contributed by atoms with van der Waals surface area (Å²) in [6.07, 6.45) is 1.26. The summed E-state index contributed by atoms with van der Waals surface area (Å²) >= 11 is 6.12. The van der Waals surface area contributed by atoms with E-state index >= 15 is 0 Å². The first-order chi connectivity index (χ1) is 16.2. The van der Waals surface area contributed by atoms with Gasteiger partial charge in [-0.25, -0.2) is 14.5 Å². The molecule has 1 aliphatic heterocycles. The lowest BCUT2D eigenvalue weighted by Crippen LogP contribution is -2.54. The van der Waals surface area contributed by atoms with Crippen LogP contribution in [0, 0.1) is 0 Å². The minimum absolute atomic E-state index is 0.0809. The number of amides is 4. The number of nitrogens with zero attached hydrogens (tertiary/aromatic N) is 1. The van der Waals surface area contributed by atoms with Gasteiger partial charge in [0, 0.05) is 6.07 Å². The summed E-state index contributed by atoms with van der Waals surface area (Å²) < 4.78 is 16.1. The molecular weight excluding hydrogens is 468 g/mol. The average molecular weight is 489 g/mol. The Labute approximate surface area is 199 Å². The van der Waals surface area contributed by atoms with Crippen molar-refractivity contribution < 1.29 is 38.5 Å². The van der Waals surface area contributed by atoms with Crippen LogP contribution in [0.25, 0.3) is 6.08 Å². The van der Waals surface area contributed by atoms with E-state index in [1.165, 1.54) is 30.3 Å². The molecule has 0 saturated carbocycles. The number of ether oxygens (including phenoxy) is 3. The Bertz CT molecular complexity index is 1180. The average Bonchev–Trinajstić information content (AvgIpc) is 2.77. The Hall–Kier alpha value is -4.05.